The number of rotatable bonds is 10. The molecule has 10 heteroatoms. The molecule has 0 radical (unpaired) electrons. The SMILES string of the molecule is COCCNC(=O)Cn1ccc2ccc(Nc3ncc(Br)c(NCc4ccccn4)n3)cc21. The molecular weight excluding hydrogens is 486 g/mol. The van der Waals surface area contributed by atoms with Gasteiger partial charge in [0.25, 0.3) is 0 Å². The lowest BCUT2D eigenvalue weighted by Gasteiger charge is -2.11. The van der Waals surface area contributed by atoms with Gasteiger partial charge >= 0.3 is 0 Å². The monoisotopic (exact) mass is 509 g/mol. The lowest BCUT2D eigenvalue weighted by molar-refractivity contribution is -0.121. The van der Waals surface area contributed by atoms with E-state index in [9.17, 15) is 4.79 Å². The standard InChI is InChI=1S/C23H24BrN7O2/c1-33-11-9-26-21(32)15-31-10-7-16-5-6-17(12-20(16)31)29-23-28-14-19(24)22(30-23)27-13-18-4-2-3-8-25-18/h2-8,10,12,14H,9,11,13,15H2,1H3,(H,26,32)(H2,27,28,29,30). The molecule has 0 aliphatic carbocycles. The van der Waals surface area contributed by atoms with Crippen LogP contribution in [0.25, 0.3) is 10.9 Å². The Morgan fingerprint density at radius 3 is 2.91 bits per heavy atom. The van der Waals surface area contributed by atoms with E-state index in [0.29, 0.717) is 31.5 Å². The molecule has 4 rings (SSSR count). The number of anilines is 3. The predicted molar refractivity (Wildman–Crippen MR) is 131 cm³/mol. The van der Waals surface area contributed by atoms with Gasteiger partial charge in [-0.1, -0.05) is 12.1 Å². The van der Waals surface area contributed by atoms with Crippen LogP contribution in [0.4, 0.5) is 17.5 Å². The topological polar surface area (TPSA) is 106 Å². The number of carbonyl (C=O) groups excluding carboxylic acids is 1. The molecule has 0 aliphatic heterocycles. The summed E-state index contributed by atoms with van der Waals surface area (Å²) in [5, 5.41) is 10.4. The number of ether oxygens (including phenoxy) is 1. The summed E-state index contributed by atoms with van der Waals surface area (Å²) in [5.74, 6) is 1.05. The Morgan fingerprint density at radius 2 is 2.09 bits per heavy atom. The van der Waals surface area contributed by atoms with Gasteiger partial charge in [-0.05, 0) is 51.6 Å². The first-order chi connectivity index (χ1) is 16.1. The summed E-state index contributed by atoms with van der Waals surface area (Å²) in [6.07, 6.45) is 5.36. The van der Waals surface area contributed by atoms with Crippen LogP contribution in [0.15, 0.2) is 65.5 Å². The van der Waals surface area contributed by atoms with E-state index in [1.807, 2.05) is 53.2 Å². The van der Waals surface area contributed by atoms with Crippen LogP contribution in [0, 0.1) is 0 Å². The maximum absolute atomic E-state index is 12.2. The van der Waals surface area contributed by atoms with Gasteiger partial charge in [0, 0.05) is 37.9 Å². The van der Waals surface area contributed by atoms with Gasteiger partial charge in [-0.25, -0.2) is 4.98 Å². The minimum Gasteiger partial charge on any atom is -0.383 e. The quantitative estimate of drug-likeness (QED) is 0.280. The van der Waals surface area contributed by atoms with Gasteiger partial charge in [-0.15, -0.1) is 0 Å². The predicted octanol–water partition coefficient (Wildman–Crippen LogP) is 3.71. The van der Waals surface area contributed by atoms with E-state index in [1.165, 1.54) is 0 Å². The van der Waals surface area contributed by atoms with Crippen molar-refractivity contribution < 1.29 is 9.53 Å². The van der Waals surface area contributed by atoms with Crippen molar-refractivity contribution in [2.75, 3.05) is 30.9 Å². The Kier molecular flexibility index (Phi) is 7.48. The summed E-state index contributed by atoms with van der Waals surface area (Å²) in [7, 11) is 1.61. The number of hydrogen-bond donors (Lipinski definition) is 3. The summed E-state index contributed by atoms with van der Waals surface area (Å²) >= 11 is 3.49. The fourth-order valence-corrected chi connectivity index (χ4v) is 3.59. The molecule has 3 heterocycles. The first kappa shape index (κ1) is 22.7. The lowest BCUT2D eigenvalue weighted by atomic mass is 10.2. The van der Waals surface area contributed by atoms with Gasteiger partial charge in [0.15, 0.2) is 0 Å². The van der Waals surface area contributed by atoms with Gasteiger partial charge in [0.2, 0.25) is 11.9 Å². The molecule has 0 bridgehead atoms. The third kappa shape index (κ3) is 6.05. The third-order valence-corrected chi connectivity index (χ3v) is 5.46. The van der Waals surface area contributed by atoms with Crippen LogP contribution in [-0.4, -0.2) is 45.7 Å². The Bertz CT molecular complexity index is 1230. The zero-order valence-electron chi connectivity index (χ0n) is 18.1. The molecule has 0 fully saturated rings. The van der Waals surface area contributed by atoms with Crippen LogP contribution in [0.1, 0.15) is 5.69 Å². The van der Waals surface area contributed by atoms with Crippen LogP contribution in [0.2, 0.25) is 0 Å². The van der Waals surface area contributed by atoms with Crippen molar-refractivity contribution in [1.29, 1.82) is 0 Å². The van der Waals surface area contributed by atoms with E-state index < -0.39 is 0 Å². The smallest absolute Gasteiger partial charge is 0.240 e. The number of pyridine rings is 1. The first-order valence-corrected chi connectivity index (χ1v) is 11.2. The van der Waals surface area contributed by atoms with Gasteiger partial charge in [-0.3, -0.25) is 9.78 Å². The Labute approximate surface area is 199 Å². The normalized spacial score (nSPS) is 10.8. The minimum absolute atomic E-state index is 0.0669. The first-order valence-electron chi connectivity index (χ1n) is 10.4. The van der Waals surface area contributed by atoms with Crippen molar-refractivity contribution in [1.82, 2.24) is 24.8 Å². The molecule has 4 aromatic rings. The summed E-state index contributed by atoms with van der Waals surface area (Å²) in [5.41, 5.74) is 2.67. The second kappa shape index (κ2) is 10.9. The number of halogens is 1. The van der Waals surface area contributed by atoms with Gasteiger partial charge in [-0.2, -0.15) is 4.98 Å². The highest BCUT2D eigenvalue weighted by Crippen LogP contribution is 2.25. The second-order valence-corrected chi connectivity index (χ2v) is 8.10. The molecule has 0 saturated carbocycles. The molecule has 3 N–H and O–H groups in total. The highest BCUT2D eigenvalue weighted by molar-refractivity contribution is 9.10. The fourth-order valence-electron chi connectivity index (χ4n) is 3.26. The molecule has 3 aromatic heterocycles. The summed E-state index contributed by atoms with van der Waals surface area (Å²) in [6, 6.07) is 13.7. The van der Waals surface area contributed by atoms with Crippen LogP contribution in [0.5, 0.6) is 0 Å². The number of amides is 1. The number of fused-ring (bicyclic) bond motifs is 1. The number of methoxy groups -OCH3 is 1. The van der Waals surface area contributed by atoms with Crippen LogP contribution >= 0.6 is 15.9 Å². The van der Waals surface area contributed by atoms with Crippen molar-refractivity contribution in [2.45, 2.75) is 13.1 Å². The Balaban J connectivity index is 1.46. The van der Waals surface area contributed by atoms with Crippen molar-refractivity contribution in [3.8, 4) is 0 Å². The van der Waals surface area contributed by atoms with E-state index in [-0.39, 0.29) is 12.5 Å². The number of nitrogens with zero attached hydrogens (tertiary/aromatic N) is 4. The van der Waals surface area contributed by atoms with E-state index in [1.54, 1.807) is 19.5 Å². The number of benzene rings is 1. The maximum atomic E-state index is 12.2. The van der Waals surface area contributed by atoms with Crippen molar-refractivity contribution >= 4 is 50.2 Å². The number of carbonyl (C=O) groups is 1. The highest BCUT2D eigenvalue weighted by atomic mass is 79.9. The summed E-state index contributed by atoms with van der Waals surface area (Å²) in [6.45, 7) is 1.74. The summed E-state index contributed by atoms with van der Waals surface area (Å²) in [4.78, 5) is 25.4. The fraction of sp³-hybridized carbons (Fsp3) is 0.217. The Hall–Kier alpha value is -3.50. The lowest BCUT2D eigenvalue weighted by Crippen LogP contribution is -2.30. The molecule has 0 atom stereocenters. The molecular formula is C23H24BrN7O2. The van der Waals surface area contributed by atoms with Crippen molar-refractivity contribution in [3.05, 3.63) is 71.2 Å². The largest absolute Gasteiger partial charge is 0.383 e. The van der Waals surface area contributed by atoms with Gasteiger partial charge in [0.1, 0.15) is 12.4 Å². The van der Waals surface area contributed by atoms with Gasteiger partial charge < -0.3 is 25.3 Å². The molecule has 0 spiro atoms. The molecule has 1 aromatic carbocycles. The van der Waals surface area contributed by atoms with E-state index in [2.05, 4.69) is 46.8 Å². The number of aromatic nitrogens is 4. The van der Waals surface area contributed by atoms with Crippen LogP contribution < -0.4 is 16.0 Å². The van der Waals surface area contributed by atoms with Crippen LogP contribution in [0.3, 0.4) is 0 Å². The average molecular weight is 510 g/mol. The van der Waals surface area contributed by atoms with Gasteiger partial charge in [0.05, 0.1) is 28.8 Å². The molecule has 33 heavy (non-hydrogen) atoms. The van der Waals surface area contributed by atoms with E-state index in [4.69, 9.17) is 4.74 Å². The molecule has 0 aliphatic rings. The molecule has 0 unspecified atom stereocenters. The average Bonchev–Trinajstić information content (AvgIpc) is 3.22. The van der Waals surface area contributed by atoms with Crippen LogP contribution in [-0.2, 0) is 22.6 Å². The second-order valence-electron chi connectivity index (χ2n) is 7.25. The van der Waals surface area contributed by atoms with E-state index >= 15 is 0 Å². The Morgan fingerprint density at radius 1 is 1.18 bits per heavy atom. The molecule has 1 amide bonds. The zero-order chi connectivity index (χ0) is 23.0. The number of hydrogen-bond acceptors (Lipinski definition) is 7. The maximum Gasteiger partial charge on any atom is 0.240 e. The third-order valence-electron chi connectivity index (χ3n) is 4.88. The minimum atomic E-state index is -0.0669. The van der Waals surface area contributed by atoms with Crippen molar-refractivity contribution in [3.63, 3.8) is 0 Å². The van der Waals surface area contributed by atoms with Crippen molar-refractivity contribution in [2.24, 2.45) is 0 Å². The molecule has 0 saturated heterocycles. The van der Waals surface area contributed by atoms with E-state index in [0.717, 1.165) is 26.8 Å². The zero-order valence-corrected chi connectivity index (χ0v) is 19.7. The highest BCUT2D eigenvalue weighted by Gasteiger charge is 2.09. The molecule has 170 valence electrons. The summed E-state index contributed by atoms with van der Waals surface area (Å²) < 4.78 is 7.64. The number of nitrogens with one attached hydrogen (secondary N) is 3. The molecule has 9 nitrogen and oxygen atoms in total.